The van der Waals surface area contributed by atoms with Gasteiger partial charge in [-0.3, -0.25) is 0 Å². The van der Waals surface area contributed by atoms with Gasteiger partial charge in [-0.2, -0.15) is 0 Å². The van der Waals surface area contributed by atoms with Gasteiger partial charge in [0.05, 0.1) is 10.2 Å². The van der Waals surface area contributed by atoms with Crippen molar-refractivity contribution in [1.29, 1.82) is 0 Å². The molecule has 0 saturated carbocycles. The number of halogens is 3. The maximum absolute atomic E-state index is 13.7. The van der Waals surface area contributed by atoms with Crippen molar-refractivity contribution in [3.63, 3.8) is 0 Å². The quantitative estimate of drug-likeness (QED) is 0.788. The fourth-order valence-corrected chi connectivity index (χ4v) is 2.24. The first-order valence-corrected chi connectivity index (χ1v) is 6.86. The maximum atomic E-state index is 13.7. The minimum atomic E-state index is -0.479. The van der Waals surface area contributed by atoms with Crippen LogP contribution >= 0.6 is 15.9 Å². The molecule has 2 rings (SSSR count). The summed E-state index contributed by atoms with van der Waals surface area (Å²) < 4.78 is 27.2. The zero-order chi connectivity index (χ0) is 13.8. The van der Waals surface area contributed by atoms with Crippen LogP contribution < -0.4 is 5.32 Å². The lowest BCUT2D eigenvalue weighted by atomic mass is 10.1. The molecule has 0 unspecified atom stereocenters. The second-order valence-electron chi connectivity index (χ2n) is 4.22. The van der Waals surface area contributed by atoms with Gasteiger partial charge in [-0.15, -0.1) is 0 Å². The molecule has 0 aliphatic heterocycles. The predicted octanol–water partition coefficient (Wildman–Crippen LogP) is 4.90. The fourth-order valence-electron chi connectivity index (χ4n) is 1.92. The molecule has 0 atom stereocenters. The second-order valence-corrected chi connectivity index (χ2v) is 5.08. The third kappa shape index (κ3) is 3.32. The number of benzene rings is 2. The molecule has 0 aliphatic rings. The van der Waals surface area contributed by atoms with Crippen molar-refractivity contribution >= 4 is 21.6 Å². The molecule has 0 amide bonds. The van der Waals surface area contributed by atoms with Crippen LogP contribution in [0.3, 0.4) is 0 Å². The Morgan fingerprint density at radius 2 is 1.74 bits per heavy atom. The summed E-state index contributed by atoms with van der Waals surface area (Å²) in [6.45, 7) is 2.54. The van der Waals surface area contributed by atoms with Crippen molar-refractivity contribution in [2.24, 2.45) is 0 Å². The lowest BCUT2D eigenvalue weighted by molar-refractivity contribution is 0.596. The Morgan fingerprint density at radius 3 is 2.42 bits per heavy atom. The van der Waals surface area contributed by atoms with Crippen LogP contribution in [0.2, 0.25) is 0 Å². The maximum Gasteiger partial charge on any atom is 0.147 e. The summed E-state index contributed by atoms with van der Waals surface area (Å²) in [6.07, 6.45) is 0.912. The molecular formula is C15H14BrF2N. The highest BCUT2D eigenvalue weighted by Gasteiger charge is 2.08. The largest absolute Gasteiger partial charge is 0.379 e. The van der Waals surface area contributed by atoms with Crippen LogP contribution in [0.25, 0.3) is 0 Å². The Hall–Kier alpha value is -1.42. The summed E-state index contributed by atoms with van der Waals surface area (Å²) in [5.74, 6) is -0.949. The van der Waals surface area contributed by atoms with Gasteiger partial charge in [-0.1, -0.05) is 31.2 Å². The van der Waals surface area contributed by atoms with Gasteiger partial charge in [0, 0.05) is 12.6 Å². The summed E-state index contributed by atoms with van der Waals surface area (Å²) in [4.78, 5) is 0. The highest BCUT2D eigenvalue weighted by molar-refractivity contribution is 9.10. The monoisotopic (exact) mass is 325 g/mol. The van der Waals surface area contributed by atoms with Gasteiger partial charge in [0.1, 0.15) is 11.6 Å². The van der Waals surface area contributed by atoms with Gasteiger partial charge in [0.15, 0.2) is 0 Å². The Balaban J connectivity index is 2.17. The zero-order valence-corrected chi connectivity index (χ0v) is 12.1. The van der Waals surface area contributed by atoms with E-state index in [-0.39, 0.29) is 10.2 Å². The molecule has 0 bridgehead atoms. The van der Waals surface area contributed by atoms with E-state index in [1.54, 1.807) is 0 Å². The van der Waals surface area contributed by atoms with Gasteiger partial charge in [0.2, 0.25) is 0 Å². The molecule has 0 aliphatic carbocycles. The van der Waals surface area contributed by atoms with Crippen molar-refractivity contribution < 1.29 is 8.78 Å². The minimum Gasteiger partial charge on any atom is -0.379 e. The van der Waals surface area contributed by atoms with Crippen LogP contribution in [0.5, 0.6) is 0 Å². The molecule has 1 nitrogen and oxygen atoms in total. The topological polar surface area (TPSA) is 12.0 Å². The van der Waals surface area contributed by atoms with Crippen LogP contribution in [0, 0.1) is 11.6 Å². The Morgan fingerprint density at radius 1 is 1.05 bits per heavy atom. The molecule has 100 valence electrons. The van der Waals surface area contributed by atoms with Crippen molar-refractivity contribution in [1.82, 2.24) is 0 Å². The van der Waals surface area contributed by atoms with E-state index in [2.05, 4.69) is 28.2 Å². The van der Waals surface area contributed by atoms with Gasteiger partial charge in [0.25, 0.3) is 0 Å². The summed E-state index contributed by atoms with van der Waals surface area (Å²) in [6, 6.07) is 10.2. The summed E-state index contributed by atoms with van der Waals surface area (Å²) in [5, 5.41) is 2.94. The smallest absolute Gasteiger partial charge is 0.147 e. The predicted molar refractivity (Wildman–Crippen MR) is 77.2 cm³/mol. The van der Waals surface area contributed by atoms with E-state index in [4.69, 9.17) is 0 Å². The van der Waals surface area contributed by atoms with Crippen LogP contribution in [0.15, 0.2) is 40.9 Å². The van der Waals surface area contributed by atoms with Crippen molar-refractivity contribution in [2.75, 3.05) is 5.32 Å². The first-order chi connectivity index (χ1) is 9.11. The molecule has 0 saturated heterocycles. The lowest BCUT2D eigenvalue weighted by Gasteiger charge is -2.11. The Bertz CT molecular complexity index is 584. The number of rotatable bonds is 4. The van der Waals surface area contributed by atoms with E-state index in [1.807, 2.05) is 24.3 Å². The highest BCUT2D eigenvalue weighted by atomic mass is 79.9. The Kier molecular flexibility index (Phi) is 4.53. The van der Waals surface area contributed by atoms with Gasteiger partial charge >= 0.3 is 0 Å². The normalized spacial score (nSPS) is 10.5. The number of hydrogen-bond acceptors (Lipinski definition) is 1. The summed E-state index contributed by atoms with van der Waals surface area (Å²) in [7, 11) is 0. The third-order valence-corrected chi connectivity index (χ3v) is 3.59. The van der Waals surface area contributed by atoms with Gasteiger partial charge in [-0.25, -0.2) is 8.78 Å². The third-order valence-electron chi connectivity index (χ3n) is 2.98. The summed E-state index contributed by atoms with van der Waals surface area (Å²) in [5.41, 5.74) is 2.47. The molecule has 0 spiro atoms. The van der Waals surface area contributed by atoms with E-state index in [0.717, 1.165) is 24.1 Å². The van der Waals surface area contributed by atoms with E-state index in [9.17, 15) is 8.78 Å². The first-order valence-electron chi connectivity index (χ1n) is 6.07. The van der Waals surface area contributed by atoms with E-state index in [1.165, 1.54) is 5.56 Å². The minimum absolute atomic E-state index is 0.129. The average Bonchev–Trinajstić information content (AvgIpc) is 2.41. The zero-order valence-electron chi connectivity index (χ0n) is 10.5. The molecule has 1 N–H and O–H groups in total. The van der Waals surface area contributed by atoms with Gasteiger partial charge in [-0.05, 0) is 39.5 Å². The van der Waals surface area contributed by atoms with E-state index in [0.29, 0.717) is 6.54 Å². The highest BCUT2D eigenvalue weighted by Crippen LogP contribution is 2.24. The molecule has 0 aromatic heterocycles. The van der Waals surface area contributed by atoms with E-state index < -0.39 is 11.6 Å². The van der Waals surface area contributed by atoms with Crippen molar-refractivity contribution in [3.05, 3.63) is 63.6 Å². The van der Waals surface area contributed by atoms with Crippen molar-refractivity contribution in [2.45, 2.75) is 19.9 Å². The SMILES string of the molecule is CCc1ccccc1CNc1cc(F)c(Br)cc1F. The molecule has 0 fully saturated rings. The fraction of sp³-hybridized carbons (Fsp3) is 0.200. The van der Waals surface area contributed by atoms with Crippen LogP contribution in [0.1, 0.15) is 18.1 Å². The van der Waals surface area contributed by atoms with Crippen molar-refractivity contribution in [3.8, 4) is 0 Å². The molecule has 2 aromatic rings. The average molecular weight is 326 g/mol. The lowest BCUT2D eigenvalue weighted by Crippen LogP contribution is -2.04. The number of aryl methyl sites for hydroxylation is 1. The molecule has 19 heavy (non-hydrogen) atoms. The van der Waals surface area contributed by atoms with E-state index >= 15 is 0 Å². The second kappa shape index (κ2) is 6.15. The molecule has 4 heteroatoms. The van der Waals surface area contributed by atoms with Crippen LogP contribution in [0.4, 0.5) is 14.5 Å². The summed E-state index contributed by atoms with van der Waals surface area (Å²) >= 11 is 2.96. The number of nitrogens with one attached hydrogen (secondary N) is 1. The standard InChI is InChI=1S/C15H14BrF2N/c1-2-10-5-3-4-6-11(10)9-19-15-8-13(17)12(16)7-14(15)18/h3-8,19H,2,9H2,1H3. The number of hydrogen-bond donors (Lipinski definition) is 1. The van der Waals surface area contributed by atoms with Crippen LogP contribution in [-0.2, 0) is 13.0 Å². The first kappa shape index (κ1) is 14.0. The van der Waals surface area contributed by atoms with Gasteiger partial charge < -0.3 is 5.32 Å². The molecule has 2 aromatic carbocycles. The number of anilines is 1. The molecule has 0 radical (unpaired) electrons. The van der Waals surface area contributed by atoms with Crippen LogP contribution in [-0.4, -0.2) is 0 Å². The molecule has 0 heterocycles. The molecular weight excluding hydrogens is 312 g/mol. The Labute approximate surface area is 119 Å².